The third-order valence-corrected chi connectivity index (χ3v) is 4.98. The van der Waals surface area contributed by atoms with Gasteiger partial charge in [0.2, 0.25) is 11.8 Å². The van der Waals surface area contributed by atoms with E-state index in [-0.39, 0.29) is 24.3 Å². The number of methoxy groups -OCH3 is 1. The quantitative estimate of drug-likeness (QED) is 0.744. The number of likely N-dealkylation sites (tertiary alicyclic amines) is 1. The highest BCUT2D eigenvalue weighted by Crippen LogP contribution is 2.31. The molecular weight excluding hydrogens is 330 g/mol. The zero-order valence-electron chi connectivity index (χ0n) is 16.1. The standard InChI is InChI=1S/C20H31N3O3/c1-15-9-12-23(13-10-15)18(17-6-4-5-7-19(17)26-3)14-22-20(25)8-11-21-16(2)24/h4-7,15,18H,8-14H2,1-3H3,(H,21,24)(H,22,25). The molecule has 1 heterocycles. The van der Waals surface area contributed by atoms with Gasteiger partial charge in [0.05, 0.1) is 13.2 Å². The molecule has 1 fully saturated rings. The molecule has 1 aliphatic heterocycles. The van der Waals surface area contributed by atoms with E-state index >= 15 is 0 Å². The van der Waals surface area contributed by atoms with Gasteiger partial charge in [0.15, 0.2) is 0 Å². The predicted octanol–water partition coefficient (Wildman–Crippen LogP) is 2.11. The molecule has 144 valence electrons. The summed E-state index contributed by atoms with van der Waals surface area (Å²) in [7, 11) is 1.68. The minimum Gasteiger partial charge on any atom is -0.496 e. The van der Waals surface area contributed by atoms with Crippen molar-refractivity contribution in [1.82, 2.24) is 15.5 Å². The second kappa shape index (κ2) is 10.2. The fraction of sp³-hybridized carbons (Fsp3) is 0.600. The van der Waals surface area contributed by atoms with E-state index in [2.05, 4.69) is 28.5 Å². The molecule has 0 saturated carbocycles. The summed E-state index contributed by atoms with van der Waals surface area (Å²) in [6.45, 7) is 6.68. The Hall–Kier alpha value is -2.08. The molecule has 0 bridgehead atoms. The van der Waals surface area contributed by atoms with Crippen LogP contribution in [0.5, 0.6) is 5.75 Å². The lowest BCUT2D eigenvalue weighted by atomic mass is 9.95. The van der Waals surface area contributed by atoms with Crippen molar-refractivity contribution in [1.29, 1.82) is 0 Å². The highest BCUT2D eigenvalue weighted by molar-refractivity contribution is 5.77. The molecule has 1 atom stereocenters. The molecule has 6 nitrogen and oxygen atoms in total. The average Bonchev–Trinajstić information content (AvgIpc) is 2.63. The number of para-hydroxylation sites is 1. The normalized spacial score (nSPS) is 16.7. The summed E-state index contributed by atoms with van der Waals surface area (Å²) < 4.78 is 5.55. The van der Waals surface area contributed by atoms with E-state index in [1.807, 2.05) is 18.2 Å². The number of hydrogen-bond donors (Lipinski definition) is 2. The highest BCUT2D eigenvalue weighted by atomic mass is 16.5. The van der Waals surface area contributed by atoms with E-state index in [9.17, 15) is 9.59 Å². The maximum absolute atomic E-state index is 12.1. The first-order valence-electron chi connectivity index (χ1n) is 9.39. The van der Waals surface area contributed by atoms with Gasteiger partial charge in [-0.2, -0.15) is 0 Å². The number of nitrogens with one attached hydrogen (secondary N) is 2. The Bertz CT molecular complexity index is 598. The van der Waals surface area contributed by atoms with Gasteiger partial charge < -0.3 is 15.4 Å². The van der Waals surface area contributed by atoms with Crippen LogP contribution in [0.2, 0.25) is 0 Å². The lowest BCUT2D eigenvalue weighted by Gasteiger charge is -2.37. The van der Waals surface area contributed by atoms with Crippen LogP contribution in [0.25, 0.3) is 0 Å². The number of carbonyl (C=O) groups is 2. The molecule has 6 heteroatoms. The summed E-state index contributed by atoms with van der Waals surface area (Å²) >= 11 is 0. The lowest BCUT2D eigenvalue weighted by molar-refractivity contribution is -0.121. The van der Waals surface area contributed by atoms with Crippen molar-refractivity contribution < 1.29 is 14.3 Å². The van der Waals surface area contributed by atoms with Crippen LogP contribution in [0.15, 0.2) is 24.3 Å². The number of hydrogen-bond acceptors (Lipinski definition) is 4. The number of piperidine rings is 1. The Morgan fingerprint density at radius 3 is 2.58 bits per heavy atom. The first kappa shape index (κ1) is 20.2. The summed E-state index contributed by atoms with van der Waals surface area (Å²) in [6, 6.07) is 8.10. The summed E-state index contributed by atoms with van der Waals surface area (Å²) in [6.07, 6.45) is 2.62. The molecule has 2 rings (SSSR count). The second-order valence-electron chi connectivity index (χ2n) is 7.01. The van der Waals surface area contributed by atoms with Crippen LogP contribution in [0.3, 0.4) is 0 Å². The van der Waals surface area contributed by atoms with Gasteiger partial charge in [-0.1, -0.05) is 25.1 Å². The van der Waals surface area contributed by atoms with Crippen LogP contribution in [-0.2, 0) is 9.59 Å². The van der Waals surface area contributed by atoms with E-state index in [0.29, 0.717) is 13.1 Å². The van der Waals surface area contributed by atoms with Crippen LogP contribution in [0.1, 0.15) is 44.7 Å². The summed E-state index contributed by atoms with van der Waals surface area (Å²) in [5.74, 6) is 1.43. The largest absolute Gasteiger partial charge is 0.496 e. The first-order valence-corrected chi connectivity index (χ1v) is 9.39. The fourth-order valence-electron chi connectivity index (χ4n) is 3.37. The van der Waals surface area contributed by atoms with E-state index in [0.717, 1.165) is 30.3 Å². The molecule has 2 amide bonds. The molecule has 0 aliphatic carbocycles. The van der Waals surface area contributed by atoms with Crippen molar-refractivity contribution in [2.75, 3.05) is 33.3 Å². The molecule has 2 N–H and O–H groups in total. The number of amides is 2. The van der Waals surface area contributed by atoms with Crippen molar-refractivity contribution in [3.8, 4) is 5.75 Å². The number of nitrogens with zero attached hydrogens (tertiary/aromatic N) is 1. The van der Waals surface area contributed by atoms with Crippen molar-refractivity contribution in [3.63, 3.8) is 0 Å². The Balaban J connectivity index is 2.03. The molecule has 0 spiro atoms. The SMILES string of the molecule is COc1ccccc1C(CNC(=O)CCNC(C)=O)N1CCC(C)CC1. The van der Waals surface area contributed by atoms with Crippen molar-refractivity contribution in [3.05, 3.63) is 29.8 Å². The molecular formula is C20H31N3O3. The van der Waals surface area contributed by atoms with Gasteiger partial charge in [0.1, 0.15) is 5.75 Å². The molecule has 1 aromatic rings. The van der Waals surface area contributed by atoms with Gasteiger partial charge in [0.25, 0.3) is 0 Å². The summed E-state index contributed by atoms with van der Waals surface area (Å²) in [4.78, 5) is 25.5. The van der Waals surface area contributed by atoms with E-state index in [1.165, 1.54) is 19.8 Å². The molecule has 1 unspecified atom stereocenters. The number of ether oxygens (including phenoxy) is 1. The average molecular weight is 361 g/mol. The van der Waals surface area contributed by atoms with Crippen molar-refractivity contribution in [2.24, 2.45) is 5.92 Å². The van der Waals surface area contributed by atoms with Crippen molar-refractivity contribution in [2.45, 2.75) is 39.2 Å². The molecule has 1 aliphatic rings. The number of carbonyl (C=O) groups excluding carboxylic acids is 2. The molecule has 0 radical (unpaired) electrons. The zero-order valence-corrected chi connectivity index (χ0v) is 16.1. The number of rotatable bonds is 8. The van der Waals surface area contributed by atoms with Crippen molar-refractivity contribution >= 4 is 11.8 Å². The third kappa shape index (κ3) is 6.02. The van der Waals surface area contributed by atoms with E-state index in [4.69, 9.17) is 4.74 Å². The monoisotopic (exact) mass is 361 g/mol. The topological polar surface area (TPSA) is 70.7 Å². The van der Waals surface area contributed by atoms with E-state index < -0.39 is 0 Å². The van der Waals surface area contributed by atoms with Crippen LogP contribution in [0, 0.1) is 5.92 Å². The fourth-order valence-corrected chi connectivity index (χ4v) is 3.37. The van der Waals surface area contributed by atoms with Gasteiger partial charge in [0, 0.05) is 32.0 Å². The zero-order chi connectivity index (χ0) is 18.9. The Labute approximate surface area is 156 Å². The van der Waals surface area contributed by atoms with Crippen LogP contribution >= 0.6 is 0 Å². The van der Waals surface area contributed by atoms with Gasteiger partial charge in [-0.15, -0.1) is 0 Å². The van der Waals surface area contributed by atoms with Gasteiger partial charge >= 0.3 is 0 Å². The van der Waals surface area contributed by atoms with Gasteiger partial charge in [-0.3, -0.25) is 14.5 Å². The maximum Gasteiger partial charge on any atom is 0.221 e. The Morgan fingerprint density at radius 1 is 1.23 bits per heavy atom. The van der Waals surface area contributed by atoms with Gasteiger partial charge in [-0.25, -0.2) is 0 Å². The summed E-state index contributed by atoms with van der Waals surface area (Å²) in [5, 5.41) is 5.68. The molecule has 26 heavy (non-hydrogen) atoms. The Kier molecular flexibility index (Phi) is 7.91. The van der Waals surface area contributed by atoms with E-state index in [1.54, 1.807) is 7.11 Å². The van der Waals surface area contributed by atoms with Gasteiger partial charge in [-0.05, 0) is 37.9 Å². The lowest BCUT2D eigenvalue weighted by Crippen LogP contribution is -2.42. The first-order chi connectivity index (χ1) is 12.5. The minimum absolute atomic E-state index is 0.0518. The molecule has 1 saturated heterocycles. The predicted molar refractivity (Wildman–Crippen MR) is 102 cm³/mol. The Morgan fingerprint density at radius 2 is 1.92 bits per heavy atom. The minimum atomic E-state index is -0.118. The maximum atomic E-state index is 12.1. The van der Waals surface area contributed by atoms with Crippen LogP contribution < -0.4 is 15.4 Å². The smallest absolute Gasteiger partial charge is 0.221 e. The molecule has 1 aromatic carbocycles. The molecule has 0 aromatic heterocycles. The van der Waals surface area contributed by atoms with Crippen LogP contribution in [-0.4, -0.2) is 50.0 Å². The third-order valence-electron chi connectivity index (χ3n) is 4.98. The highest BCUT2D eigenvalue weighted by Gasteiger charge is 2.27. The second-order valence-corrected chi connectivity index (χ2v) is 7.01. The number of benzene rings is 1. The summed E-state index contributed by atoms with van der Waals surface area (Å²) in [5.41, 5.74) is 1.10. The van der Waals surface area contributed by atoms with Crippen LogP contribution in [0.4, 0.5) is 0 Å².